The molecule has 4 heterocycles. The average molecular weight is 964 g/mol. The van der Waals surface area contributed by atoms with Gasteiger partial charge in [-0.25, -0.2) is 4.79 Å². The summed E-state index contributed by atoms with van der Waals surface area (Å²) >= 11 is 0. The molecule has 10 aromatic rings. The molecule has 362 valence electrons. The first kappa shape index (κ1) is 46.2. The van der Waals surface area contributed by atoms with E-state index in [1.54, 1.807) is 12.1 Å². The minimum absolute atomic E-state index is 0.311. The zero-order valence-electron chi connectivity index (χ0n) is 41.9. The first-order chi connectivity index (χ1) is 36.4. The monoisotopic (exact) mass is 963 g/mol. The Balaban J connectivity index is 0.884. The van der Waals surface area contributed by atoms with Crippen molar-refractivity contribution in [1.29, 1.82) is 5.26 Å². The van der Waals surface area contributed by atoms with Crippen molar-refractivity contribution in [1.82, 2.24) is 9.13 Å². The van der Waals surface area contributed by atoms with Gasteiger partial charge in [-0.2, -0.15) is 5.26 Å². The van der Waals surface area contributed by atoms with Crippen LogP contribution in [0.3, 0.4) is 0 Å². The number of hydrogen-bond acceptors (Lipinski definition) is 4. The number of carboxylic acid groups (broad SMARTS) is 1. The van der Waals surface area contributed by atoms with Crippen LogP contribution in [0.5, 0.6) is 0 Å². The molecular weight excluding hydrogens is 907 g/mol. The molecule has 0 aliphatic carbocycles. The van der Waals surface area contributed by atoms with Gasteiger partial charge in [0.25, 0.3) is 0 Å². The summed E-state index contributed by atoms with van der Waals surface area (Å²) in [5.74, 6) is -1.24. The molecule has 2 aliphatic rings. The van der Waals surface area contributed by atoms with E-state index in [1.807, 2.05) is 12.2 Å². The van der Waals surface area contributed by atoms with Crippen molar-refractivity contribution < 1.29 is 9.90 Å². The first-order valence-electron chi connectivity index (χ1n) is 26.2. The molecule has 1 N–H and O–H groups in total. The van der Waals surface area contributed by atoms with E-state index in [0.717, 1.165) is 79.0 Å². The lowest BCUT2D eigenvalue weighted by Crippen LogP contribution is -2.13. The maximum Gasteiger partial charge on any atom is 0.346 e. The number of nitrogens with zero attached hydrogens (tertiary/aromatic N) is 5. The summed E-state index contributed by atoms with van der Waals surface area (Å²) < 4.78 is 4.82. The molecule has 0 saturated carbocycles. The van der Waals surface area contributed by atoms with Crippen molar-refractivity contribution >= 4 is 77.9 Å². The molecule has 0 bridgehead atoms. The molecule has 74 heavy (non-hydrogen) atoms. The Kier molecular flexibility index (Phi) is 12.3. The number of fused-ring (bicyclic) bond motifs is 8. The lowest BCUT2D eigenvalue weighted by molar-refractivity contribution is -0.132. The average Bonchev–Trinajstić information content (AvgIpc) is 4.22. The second kappa shape index (κ2) is 19.6. The Morgan fingerprint density at radius 3 is 1.49 bits per heavy atom. The summed E-state index contributed by atoms with van der Waals surface area (Å²) in [6, 6.07) is 64.8. The SMILES string of the molecule is CCCCc1ccc(-n2c3ccccc3c3ccc(N4CCc5cc(/C(=C/C=C/C=C(\C#N)C(=O)O)c6ccc7c(c6)CCN7c6ccc7c8ccccc8n(-c8ccc(CCC)cc8)c7c6)ccc54)cc32)cc1. The highest BCUT2D eigenvalue weighted by Gasteiger charge is 2.26. The van der Waals surface area contributed by atoms with Crippen molar-refractivity contribution in [2.45, 2.75) is 58.8 Å². The van der Waals surface area contributed by atoms with E-state index < -0.39 is 5.97 Å². The maximum absolute atomic E-state index is 11.7. The molecule has 0 saturated heterocycles. The number of hydrogen-bond donors (Lipinski definition) is 1. The molecule has 7 nitrogen and oxygen atoms in total. The van der Waals surface area contributed by atoms with Gasteiger partial charge in [0.05, 0.1) is 22.1 Å². The van der Waals surface area contributed by atoms with Crippen LogP contribution < -0.4 is 9.80 Å². The van der Waals surface area contributed by atoms with Crippen molar-refractivity contribution in [2.75, 3.05) is 22.9 Å². The van der Waals surface area contributed by atoms with Crippen molar-refractivity contribution in [3.8, 4) is 17.4 Å². The van der Waals surface area contributed by atoms with Gasteiger partial charge < -0.3 is 24.0 Å². The minimum Gasteiger partial charge on any atom is -0.477 e. The number of carboxylic acids is 1. The Bertz CT molecular complexity index is 3950. The van der Waals surface area contributed by atoms with Gasteiger partial charge in [0.1, 0.15) is 11.6 Å². The molecule has 0 atom stereocenters. The van der Waals surface area contributed by atoms with E-state index in [1.165, 1.54) is 102 Å². The molecule has 7 heteroatoms. The van der Waals surface area contributed by atoms with Gasteiger partial charge in [0.2, 0.25) is 0 Å². The van der Waals surface area contributed by atoms with Crippen LogP contribution in [0.25, 0.3) is 60.6 Å². The van der Waals surface area contributed by atoms with Crippen LogP contribution in [-0.2, 0) is 30.5 Å². The van der Waals surface area contributed by atoms with E-state index in [2.05, 4.69) is 203 Å². The normalized spacial score (nSPS) is 13.7. The Labute approximate surface area is 432 Å². The van der Waals surface area contributed by atoms with Crippen molar-refractivity contribution in [3.63, 3.8) is 0 Å². The first-order valence-corrected chi connectivity index (χ1v) is 26.2. The lowest BCUT2D eigenvalue weighted by atomic mass is 9.93. The maximum atomic E-state index is 11.7. The fraction of sp³-hybridized carbons (Fsp3) is 0.164. The van der Waals surface area contributed by atoms with Crippen LogP contribution in [0.4, 0.5) is 22.7 Å². The van der Waals surface area contributed by atoms with Crippen molar-refractivity contribution in [3.05, 3.63) is 233 Å². The highest BCUT2D eigenvalue weighted by Crippen LogP contribution is 2.43. The van der Waals surface area contributed by atoms with Crippen LogP contribution in [0.15, 0.2) is 200 Å². The Morgan fingerprint density at radius 1 is 0.527 bits per heavy atom. The predicted octanol–water partition coefficient (Wildman–Crippen LogP) is 16.1. The molecule has 0 fully saturated rings. The lowest BCUT2D eigenvalue weighted by Gasteiger charge is -2.21. The number of anilines is 4. The third-order valence-corrected chi connectivity index (χ3v) is 15.2. The molecular formula is C67H57N5O2. The van der Waals surface area contributed by atoms with Gasteiger partial charge in [0, 0.05) is 68.8 Å². The van der Waals surface area contributed by atoms with Crippen LogP contribution in [0, 0.1) is 11.3 Å². The fourth-order valence-corrected chi connectivity index (χ4v) is 11.6. The Morgan fingerprint density at radius 2 is 1.00 bits per heavy atom. The molecule has 2 aliphatic heterocycles. The van der Waals surface area contributed by atoms with Gasteiger partial charge in [-0.3, -0.25) is 0 Å². The third-order valence-electron chi connectivity index (χ3n) is 15.2. The molecule has 0 spiro atoms. The zero-order valence-corrected chi connectivity index (χ0v) is 41.9. The number of aromatic nitrogens is 2. The largest absolute Gasteiger partial charge is 0.477 e. The Hall–Kier alpha value is -8.86. The highest BCUT2D eigenvalue weighted by atomic mass is 16.4. The summed E-state index contributed by atoms with van der Waals surface area (Å²) in [7, 11) is 0. The predicted molar refractivity (Wildman–Crippen MR) is 306 cm³/mol. The van der Waals surface area contributed by atoms with E-state index >= 15 is 0 Å². The second-order valence-electron chi connectivity index (χ2n) is 19.7. The molecule has 0 amide bonds. The molecule has 0 unspecified atom stereocenters. The standard InChI is InChI=1S/C67H57N5O2/c1-3-5-13-46-22-28-53(29-23-46)72-64-19-11-9-17-58(64)60-33-31-55(43-66(60)72)70-39-37-50-41-48(25-35-62(50)70)56(15-7-6-14-51(44-68)67(73)74)47-24-34-61-49(40-47)36-38-69(61)54-30-32-59-57-16-8-10-18-63(57)71(65(59)42-54)52-26-20-45(12-4-2)21-27-52/h6-11,14-35,40-43H,3-5,12-13,36-39H2,1-2H3,(H,73,74)/b7-6+,51-14+,56-15+. The number of para-hydroxylation sites is 2. The van der Waals surface area contributed by atoms with Gasteiger partial charge in [-0.1, -0.05) is 130 Å². The van der Waals surface area contributed by atoms with Crippen LogP contribution >= 0.6 is 0 Å². The summed E-state index contributed by atoms with van der Waals surface area (Å²) in [6.07, 6.45) is 14.3. The highest BCUT2D eigenvalue weighted by molar-refractivity contribution is 6.11. The third kappa shape index (κ3) is 8.32. The molecule has 2 aromatic heterocycles. The summed E-state index contributed by atoms with van der Waals surface area (Å²) in [5.41, 5.74) is 20.0. The van der Waals surface area contributed by atoms with Crippen LogP contribution in [-0.4, -0.2) is 33.3 Å². The van der Waals surface area contributed by atoms with Crippen LogP contribution in [0.1, 0.15) is 66.5 Å². The number of nitriles is 1. The second-order valence-corrected chi connectivity index (χ2v) is 19.7. The number of benzene rings is 8. The van der Waals surface area contributed by atoms with E-state index in [0.29, 0.717) is 0 Å². The van der Waals surface area contributed by atoms with E-state index in [-0.39, 0.29) is 5.57 Å². The summed E-state index contributed by atoms with van der Waals surface area (Å²) in [5, 5.41) is 24.0. The van der Waals surface area contributed by atoms with Gasteiger partial charge >= 0.3 is 5.97 Å². The van der Waals surface area contributed by atoms with E-state index in [9.17, 15) is 15.2 Å². The minimum atomic E-state index is -1.24. The number of unbranched alkanes of at least 4 members (excludes halogenated alkanes) is 1. The van der Waals surface area contributed by atoms with Crippen LogP contribution in [0.2, 0.25) is 0 Å². The number of rotatable bonds is 14. The molecule has 8 aromatic carbocycles. The molecule has 0 radical (unpaired) electrons. The quantitative estimate of drug-likeness (QED) is 0.0667. The number of aliphatic carboxylic acids is 1. The fourth-order valence-electron chi connectivity index (χ4n) is 11.6. The summed E-state index contributed by atoms with van der Waals surface area (Å²) in [4.78, 5) is 16.6. The van der Waals surface area contributed by atoms with Gasteiger partial charge in [-0.05, 0) is 162 Å². The molecule has 12 rings (SSSR count). The zero-order chi connectivity index (χ0) is 50.3. The number of allylic oxidation sites excluding steroid dienone is 4. The number of carbonyl (C=O) groups is 1. The number of aryl methyl sites for hydroxylation is 2. The topological polar surface area (TPSA) is 77.4 Å². The summed E-state index contributed by atoms with van der Waals surface area (Å²) in [6.45, 7) is 6.19. The van der Waals surface area contributed by atoms with Gasteiger partial charge in [0.15, 0.2) is 0 Å². The smallest absolute Gasteiger partial charge is 0.346 e. The van der Waals surface area contributed by atoms with Gasteiger partial charge in [-0.15, -0.1) is 0 Å². The van der Waals surface area contributed by atoms with E-state index in [4.69, 9.17) is 0 Å². The van der Waals surface area contributed by atoms with Crippen molar-refractivity contribution in [2.24, 2.45) is 0 Å².